The maximum atomic E-state index is 5.63. The highest BCUT2D eigenvalue weighted by Gasteiger charge is 2.00. The first kappa shape index (κ1) is 10.8. The third-order valence-electron chi connectivity index (χ3n) is 2.13. The number of aryl methyl sites for hydroxylation is 1. The molecule has 0 unspecified atom stereocenters. The monoisotopic (exact) mass is 284 g/mol. The molecule has 0 spiro atoms. The molecule has 0 saturated carbocycles. The van der Waals surface area contributed by atoms with Crippen LogP contribution in [0, 0.1) is 0 Å². The number of hydrogen-bond acceptors (Lipinski definition) is 2. The Labute approximate surface area is 102 Å². The molecule has 0 radical (unpaired) electrons. The number of aromatic nitrogens is 2. The minimum Gasteiger partial charge on any atom is -0.241 e. The van der Waals surface area contributed by atoms with Crippen molar-refractivity contribution in [3.05, 3.63) is 34.7 Å². The van der Waals surface area contributed by atoms with E-state index < -0.39 is 0 Å². The van der Waals surface area contributed by atoms with Crippen molar-refractivity contribution < 1.29 is 0 Å². The third kappa shape index (κ3) is 2.67. The van der Waals surface area contributed by atoms with Crippen LogP contribution in [0.3, 0.4) is 0 Å². The summed E-state index contributed by atoms with van der Waals surface area (Å²) in [4.78, 5) is 8.76. The summed E-state index contributed by atoms with van der Waals surface area (Å²) in [6.45, 7) is 0. The zero-order valence-electron chi connectivity index (χ0n) is 8.08. The Morgan fingerprint density at radius 3 is 3.00 bits per heavy atom. The first-order valence-electron chi connectivity index (χ1n) is 4.77. The van der Waals surface area contributed by atoms with E-state index in [0.717, 1.165) is 34.0 Å². The van der Waals surface area contributed by atoms with Crippen molar-refractivity contribution in [2.45, 2.75) is 12.8 Å². The Kier molecular flexibility index (Phi) is 3.54. The number of alkyl halides is 1. The molecule has 0 fully saturated rings. The van der Waals surface area contributed by atoms with E-state index in [4.69, 9.17) is 11.6 Å². The molecule has 2 rings (SSSR count). The van der Waals surface area contributed by atoms with Crippen molar-refractivity contribution in [2.24, 2.45) is 0 Å². The molecule has 0 N–H and O–H groups in total. The van der Waals surface area contributed by atoms with E-state index in [9.17, 15) is 0 Å². The van der Waals surface area contributed by atoms with Gasteiger partial charge in [0.05, 0.1) is 5.52 Å². The van der Waals surface area contributed by atoms with Crippen LogP contribution in [0.1, 0.15) is 12.2 Å². The first-order valence-corrected chi connectivity index (χ1v) is 6.09. The lowest BCUT2D eigenvalue weighted by molar-refractivity contribution is 0.849. The molecule has 15 heavy (non-hydrogen) atoms. The van der Waals surface area contributed by atoms with Crippen LogP contribution in [0.25, 0.3) is 10.9 Å². The number of hydrogen-bond donors (Lipinski definition) is 0. The van der Waals surface area contributed by atoms with E-state index in [-0.39, 0.29) is 0 Å². The number of nitrogens with zero attached hydrogens (tertiary/aromatic N) is 2. The van der Waals surface area contributed by atoms with E-state index in [1.54, 1.807) is 0 Å². The van der Waals surface area contributed by atoms with Gasteiger partial charge >= 0.3 is 0 Å². The summed E-state index contributed by atoms with van der Waals surface area (Å²) in [5, 5.41) is 1.06. The maximum absolute atomic E-state index is 5.63. The van der Waals surface area contributed by atoms with Crippen molar-refractivity contribution in [2.75, 3.05) is 5.88 Å². The number of rotatable bonds is 3. The van der Waals surface area contributed by atoms with E-state index in [1.165, 1.54) is 0 Å². The predicted octanol–water partition coefficient (Wildman–Crippen LogP) is 3.56. The van der Waals surface area contributed by atoms with Gasteiger partial charge in [-0.2, -0.15) is 0 Å². The molecule has 0 atom stereocenters. The largest absolute Gasteiger partial charge is 0.241 e. The molecule has 1 aromatic heterocycles. The number of fused-ring (bicyclic) bond motifs is 1. The number of benzene rings is 1. The Hall–Kier alpha value is -0.670. The van der Waals surface area contributed by atoms with Gasteiger partial charge in [-0.1, -0.05) is 22.0 Å². The SMILES string of the molecule is ClCCCc1ncc2ccc(Br)cc2n1. The fraction of sp³-hybridized carbons (Fsp3) is 0.273. The first-order chi connectivity index (χ1) is 7.29. The van der Waals surface area contributed by atoms with Gasteiger partial charge in [-0.25, -0.2) is 9.97 Å². The van der Waals surface area contributed by atoms with Crippen molar-refractivity contribution in [1.29, 1.82) is 0 Å². The standard InChI is InChI=1S/C11H10BrClN2/c12-9-4-3-8-7-14-11(2-1-5-13)15-10(8)6-9/h3-4,6-7H,1-2,5H2. The summed E-state index contributed by atoms with van der Waals surface area (Å²) < 4.78 is 1.04. The molecule has 0 bridgehead atoms. The zero-order chi connectivity index (χ0) is 10.7. The highest BCUT2D eigenvalue weighted by molar-refractivity contribution is 9.10. The minimum atomic E-state index is 0.653. The van der Waals surface area contributed by atoms with Gasteiger partial charge in [-0.15, -0.1) is 11.6 Å². The van der Waals surface area contributed by atoms with Gasteiger partial charge in [0.1, 0.15) is 5.82 Å². The third-order valence-corrected chi connectivity index (χ3v) is 2.89. The average molecular weight is 286 g/mol. The highest BCUT2D eigenvalue weighted by atomic mass is 79.9. The average Bonchev–Trinajstić information content (AvgIpc) is 2.25. The molecule has 2 nitrogen and oxygen atoms in total. The molecule has 0 aliphatic carbocycles. The summed E-state index contributed by atoms with van der Waals surface area (Å²) in [5.74, 6) is 1.51. The van der Waals surface area contributed by atoms with Gasteiger partial charge in [0.2, 0.25) is 0 Å². The Bertz CT molecular complexity index is 473. The molecule has 0 amide bonds. The summed E-state index contributed by atoms with van der Waals surface area (Å²) in [5.41, 5.74) is 0.976. The second kappa shape index (κ2) is 4.90. The van der Waals surface area contributed by atoms with Gasteiger partial charge in [-0.05, 0) is 18.6 Å². The Morgan fingerprint density at radius 1 is 1.33 bits per heavy atom. The molecule has 0 saturated heterocycles. The normalized spacial score (nSPS) is 10.8. The zero-order valence-corrected chi connectivity index (χ0v) is 10.4. The highest BCUT2D eigenvalue weighted by Crippen LogP contribution is 2.17. The quantitative estimate of drug-likeness (QED) is 0.806. The van der Waals surface area contributed by atoms with Gasteiger partial charge < -0.3 is 0 Å². The lowest BCUT2D eigenvalue weighted by Gasteiger charge is -2.01. The minimum absolute atomic E-state index is 0.653. The van der Waals surface area contributed by atoms with E-state index >= 15 is 0 Å². The molecular formula is C11H10BrClN2. The predicted molar refractivity (Wildman–Crippen MR) is 66.3 cm³/mol. The van der Waals surface area contributed by atoms with E-state index in [0.29, 0.717) is 5.88 Å². The molecule has 1 aromatic carbocycles. The van der Waals surface area contributed by atoms with Crippen LogP contribution in [0.5, 0.6) is 0 Å². The second-order valence-corrected chi connectivity index (χ2v) is 4.58. The second-order valence-electron chi connectivity index (χ2n) is 3.28. The molecule has 78 valence electrons. The van der Waals surface area contributed by atoms with Crippen LogP contribution in [0.15, 0.2) is 28.9 Å². The van der Waals surface area contributed by atoms with Crippen LogP contribution in [0.4, 0.5) is 0 Å². The fourth-order valence-electron chi connectivity index (χ4n) is 1.38. The van der Waals surface area contributed by atoms with Crippen molar-refractivity contribution >= 4 is 38.4 Å². The topological polar surface area (TPSA) is 25.8 Å². The van der Waals surface area contributed by atoms with Gasteiger partial charge in [0.15, 0.2) is 0 Å². The molecule has 2 aromatic rings. The maximum Gasteiger partial charge on any atom is 0.129 e. The lowest BCUT2D eigenvalue weighted by atomic mass is 10.2. The van der Waals surface area contributed by atoms with Crippen molar-refractivity contribution in [1.82, 2.24) is 9.97 Å². The molecule has 0 aliphatic heterocycles. The molecule has 0 aliphatic rings. The van der Waals surface area contributed by atoms with Crippen LogP contribution in [-0.2, 0) is 6.42 Å². The van der Waals surface area contributed by atoms with Gasteiger partial charge in [0.25, 0.3) is 0 Å². The Balaban J connectivity index is 2.36. The van der Waals surface area contributed by atoms with Crippen LogP contribution in [-0.4, -0.2) is 15.8 Å². The van der Waals surface area contributed by atoms with Crippen LogP contribution < -0.4 is 0 Å². The number of halogens is 2. The summed E-state index contributed by atoms with van der Waals surface area (Å²) >= 11 is 9.06. The summed E-state index contributed by atoms with van der Waals surface area (Å²) in [6, 6.07) is 6.00. The van der Waals surface area contributed by atoms with Gasteiger partial charge in [0, 0.05) is 28.4 Å². The van der Waals surface area contributed by atoms with E-state index in [1.807, 2.05) is 24.4 Å². The van der Waals surface area contributed by atoms with E-state index in [2.05, 4.69) is 25.9 Å². The smallest absolute Gasteiger partial charge is 0.129 e. The summed E-state index contributed by atoms with van der Waals surface area (Å²) in [7, 11) is 0. The lowest BCUT2D eigenvalue weighted by Crippen LogP contribution is -1.95. The van der Waals surface area contributed by atoms with Crippen LogP contribution >= 0.6 is 27.5 Å². The van der Waals surface area contributed by atoms with Crippen molar-refractivity contribution in [3.8, 4) is 0 Å². The molecule has 4 heteroatoms. The molecule has 1 heterocycles. The van der Waals surface area contributed by atoms with Crippen molar-refractivity contribution in [3.63, 3.8) is 0 Å². The molecular weight excluding hydrogens is 275 g/mol. The fourth-order valence-corrected chi connectivity index (χ4v) is 1.86. The van der Waals surface area contributed by atoms with Crippen LogP contribution in [0.2, 0.25) is 0 Å². The summed E-state index contributed by atoms with van der Waals surface area (Å²) in [6.07, 6.45) is 3.62. The van der Waals surface area contributed by atoms with Gasteiger partial charge in [-0.3, -0.25) is 0 Å². The Morgan fingerprint density at radius 2 is 2.20 bits per heavy atom.